The Bertz CT molecular complexity index is 514. The first-order chi connectivity index (χ1) is 13.6. The fraction of sp³-hybridized carbons (Fsp3) is 0.667. The standard InChI is InChI=1S/C12H20N4O4.2BF4.Pd/c1-9-5-17-14-11(3)7-19-16-12(4)8-20-15-10(2)6-18-13-9;2*2-1(3,4)5;/h5-8H2,1-4H3;;;/q;2*-1;+2/b13-9+,14-11+,15-10+,16-12+;;;. The quantitative estimate of drug-likeness (QED) is 0.327. The summed E-state index contributed by atoms with van der Waals surface area (Å²) in [5.41, 5.74) is 2.66. The van der Waals surface area contributed by atoms with Crippen molar-refractivity contribution in [1.29, 1.82) is 0 Å². The van der Waals surface area contributed by atoms with Crippen LogP contribution in [0.25, 0.3) is 0 Å². The van der Waals surface area contributed by atoms with Crippen LogP contribution in [0.5, 0.6) is 0 Å². The van der Waals surface area contributed by atoms with Crippen LogP contribution in [0.2, 0.25) is 0 Å². The molecule has 0 unspecified atom stereocenters. The topological polar surface area (TPSA) is 86.4 Å². The summed E-state index contributed by atoms with van der Waals surface area (Å²) in [6, 6.07) is 0. The fourth-order valence-corrected chi connectivity index (χ4v) is 1.05. The Labute approximate surface area is 186 Å². The molecule has 0 aromatic heterocycles. The van der Waals surface area contributed by atoms with Crippen molar-refractivity contribution in [3.05, 3.63) is 0 Å². The molecule has 0 fully saturated rings. The number of nitrogens with zero attached hydrogens (tertiary/aromatic N) is 4. The van der Waals surface area contributed by atoms with Gasteiger partial charge in [-0.15, -0.1) is 0 Å². The van der Waals surface area contributed by atoms with Gasteiger partial charge in [-0.25, -0.2) is 0 Å². The molecule has 0 atom stereocenters. The summed E-state index contributed by atoms with van der Waals surface area (Å²) in [5, 5.41) is 15.5. The van der Waals surface area contributed by atoms with Gasteiger partial charge in [0, 0.05) is 0 Å². The molecule has 0 spiro atoms. The summed E-state index contributed by atoms with van der Waals surface area (Å²) in [4.78, 5) is 20.4. The zero-order valence-corrected chi connectivity index (χ0v) is 18.3. The van der Waals surface area contributed by atoms with Crippen molar-refractivity contribution in [3.63, 3.8) is 0 Å². The maximum Gasteiger partial charge on any atom is 2.00 e. The summed E-state index contributed by atoms with van der Waals surface area (Å²) in [5.74, 6) is 0. The molecule has 0 aromatic carbocycles. The number of hydrogen-bond donors (Lipinski definition) is 0. The van der Waals surface area contributed by atoms with Gasteiger partial charge in [0.25, 0.3) is 0 Å². The molecule has 0 aliphatic carbocycles. The molecule has 0 bridgehead atoms. The smallest absolute Gasteiger partial charge is 0.418 e. The SMILES string of the molecule is C/C1=N\OC/C(C)=N/OC/C(C)=N/OC/C(C)=N/OC1.F[B-](F)(F)F.F[B-](F)(F)F.[Pd+2]. The van der Waals surface area contributed by atoms with E-state index < -0.39 is 14.5 Å². The van der Waals surface area contributed by atoms with E-state index in [1.165, 1.54) is 0 Å². The molecule has 0 saturated heterocycles. The minimum atomic E-state index is -6.00. The first kappa shape index (κ1) is 33.7. The van der Waals surface area contributed by atoms with Crippen LogP contribution in [0.4, 0.5) is 34.5 Å². The Morgan fingerprint density at radius 2 is 0.613 bits per heavy atom. The van der Waals surface area contributed by atoms with Gasteiger partial charge in [-0.1, -0.05) is 20.6 Å². The van der Waals surface area contributed by atoms with E-state index in [1.807, 2.05) is 0 Å². The monoisotopic (exact) mass is 564 g/mol. The molecule has 0 radical (unpaired) electrons. The summed E-state index contributed by atoms with van der Waals surface area (Å²) >= 11 is 0. The molecule has 0 saturated carbocycles. The Balaban J connectivity index is -0.000000595. The second kappa shape index (κ2) is 17.8. The second-order valence-corrected chi connectivity index (χ2v) is 5.39. The molecule has 0 amide bonds. The van der Waals surface area contributed by atoms with Crippen molar-refractivity contribution in [2.75, 3.05) is 26.4 Å². The van der Waals surface area contributed by atoms with Crippen LogP contribution in [0.1, 0.15) is 27.7 Å². The van der Waals surface area contributed by atoms with E-state index in [0.29, 0.717) is 22.8 Å². The average Bonchev–Trinajstić information content (AvgIpc) is 2.51. The van der Waals surface area contributed by atoms with E-state index in [1.54, 1.807) is 27.7 Å². The third kappa shape index (κ3) is 39.2. The third-order valence-electron chi connectivity index (χ3n) is 1.98. The van der Waals surface area contributed by atoms with Crippen LogP contribution >= 0.6 is 0 Å². The van der Waals surface area contributed by atoms with Crippen molar-refractivity contribution in [3.8, 4) is 0 Å². The zero-order chi connectivity index (χ0) is 23.8. The van der Waals surface area contributed by atoms with Gasteiger partial charge >= 0.3 is 34.9 Å². The normalized spacial score (nSPS) is 22.8. The van der Waals surface area contributed by atoms with Crippen LogP contribution < -0.4 is 0 Å². The Morgan fingerprint density at radius 1 is 0.484 bits per heavy atom. The minimum Gasteiger partial charge on any atom is -0.418 e. The predicted molar refractivity (Wildman–Crippen MR) is 96.6 cm³/mol. The summed E-state index contributed by atoms with van der Waals surface area (Å²) in [7, 11) is -12.0. The number of hydrogen-bond acceptors (Lipinski definition) is 8. The molecule has 0 N–H and O–H groups in total. The molecule has 1 heterocycles. The molecule has 1 rings (SSSR count). The maximum absolute atomic E-state index is 9.75. The van der Waals surface area contributed by atoms with Crippen molar-refractivity contribution in [2.24, 2.45) is 20.6 Å². The van der Waals surface area contributed by atoms with Crippen molar-refractivity contribution >= 4 is 37.4 Å². The molecule has 1 aliphatic rings. The first-order valence-electron chi connectivity index (χ1n) is 7.94. The van der Waals surface area contributed by atoms with Crippen molar-refractivity contribution < 1.29 is 74.3 Å². The van der Waals surface area contributed by atoms with E-state index in [9.17, 15) is 34.5 Å². The van der Waals surface area contributed by atoms with Crippen LogP contribution in [0.3, 0.4) is 0 Å². The molecule has 0 aromatic rings. The van der Waals surface area contributed by atoms with Gasteiger partial charge in [0.15, 0.2) is 26.4 Å². The van der Waals surface area contributed by atoms with Crippen LogP contribution in [0, 0.1) is 0 Å². The first-order valence-corrected chi connectivity index (χ1v) is 7.94. The van der Waals surface area contributed by atoms with E-state index in [-0.39, 0.29) is 46.9 Å². The molecule has 19 heteroatoms. The van der Waals surface area contributed by atoms with Gasteiger partial charge in [-0.3, -0.25) is 0 Å². The van der Waals surface area contributed by atoms with Gasteiger partial charge in [0.2, 0.25) is 0 Å². The van der Waals surface area contributed by atoms with Gasteiger partial charge in [-0.2, -0.15) is 0 Å². The molecular formula is C12H20B2F8N4O4Pd. The van der Waals surface area contributed by atoms with Crippen LogP contribution in [-0.4, -0.2) is 63.8 Å². The van der Waals surface area contributed by atoms with E-state index >= 15 is 0 Å². The third-order valence-corrected chi connectivity index (χ3v) is 1.98. The zero-order valence-electron chi connectivity index (χ0n) is 16.7. The van der Waals surface area contributed by atoms with E-state index in [4.69, 9.17) is 19.4 Å². The van der Waals surface area contributed by atoms with Crippen LogP contribution in [-0.2, 0) is 39.8 Å². The summed E-state index contributed by atoms with van der Waals surface area (Å²) < 4.78 is 78.0. The van der Waals surface area contributed by atoms with Crippen molar-refractivity contribution in [1.82, 2.24) is 0 Å². The summed E-state index contributed by atoms with van der Waals surface area (Å²) in [6.07, 6.45) is 0. The largest absolute Gasteiger partial charge is 2.00 e. The van der Waals surface area contributed by atoms with Gasteiger partial charge in [0.1, 0.15) is 0 Å². The van der Waals surface area contributed by atoms with E-state index in [0.717, 1.165) is 0 Å². The van der Waals surface area contributed by atoms with Crippen molar-refractivity contribution in [2.45, 2.75) is 27.7 Å². The second-order valence-electron chi connectivity index (χ2n) is 5.39. The Morgan fingerprint density at radius 3 is 0.742 bits per heavy atom. The molecule has 1 aliphatic heterocycles. The van der Waals surface area contributed by atoms with Gasteiger partial charge < -0.3 is 53.9 Å². The molecular weight excluding hydrogens is 544 g/mol. The van der Waals surface area contributed by atoms with E-state index in [2.05, 4.69) is 20.6 Å². The van der Waals surface area contributed by atoms with Gasteiger partial charge in [-0.05, 0) is 27.7 Å². The number of rotatable bonds is 0. The molecule has 31 heavy (non-hydrogen) atoms. The van der Waals surface area contributed by atoms with Gasteiger partial charge in [0.05, 0.1) is 22.8 Å². The molecule has 184 valence electrons. The Hall–Kier alpha value is -1.89. The molecule has 8 nitrogen and oxygen atoms in total. The minimum absolute atomic E-state index is 0. The average molecular weight is 564 g/mol. The maximum atomic E-state index is 9.75. The number of oxime groups is 4. The Kier molecular flexibility index (Phi) is 19.3. The fourth-order valence-electron chi connectivity index (χ4n) is 1.05. The summed E-state index contributed by atoms with van der Waals surface area (Å²) in [6.45, 7) is 8.09. The number of halogens is 8. The van der Waals surface area contributed by atoms with Crippen LogP contribution in [0.15, 0.2) is 20.6 Å². The predicted octanol–water partition coefficient (Wildman–Crippen LogP) is 4.17.